The van der Waals surface area contributed by atoms with Crippen molar-refractivity contribution in [2.24, 2.45) is 5.92 Å². The number of amides is 1. The summed E-state index contributed by atoms with van der Waals surface area (Å²) in [5.41, 5.74) is 0.847. The van der Waals surface area contributed by atoms with Gasteiger partial charge in [0.15, 0.2) is 5.58 Å². The molecule has 1 aliphatic rings. The quantitative estimate of drug-likeness (QED) is 0.832. The van der Waals surface area contributed by atoms with Crippen molar-refractivity contribution in [2.75, 3.05) is 18.8 Å². The molecule has 2 aromatic rings. The highest BCUT2D eigenvalue weighted by atomic mass is 32.2. The first kappa shape index (κ1) is 17.9. The fourth-order valence-corrected chi connectivity index (χ4v) is 4.15. The predicted octanol–water partition coefficient (Wildman–Crippen LogP) is 3.58. The van der Waals surface area contributed by atoms with Crippen molar-refractivity contribution < 1.29 is 18.2 Å². The summed E-state index contributed by atoms with van der Waals surface area (Å²) in [6, 6.07) is 7.38. The molecule has 1 amide bonds. The lowest BCUT2D eigenvalue weighted by atomic mass is 10.0. The first-order chi connectivity index (χ1) is 11.8. The number of benzene rings is 1. The lowest BCUT2D eigenvalue weighted by Crippen LogP contribution is -2.43. The number of carbonyl (C=O) groups is 1. The number of hydrogen-bond donors (Lipinski definition) is 0. The van der Waals surface area contributed by atoms with E-state index in [1.54, 1.807) is 4.90 Å². The molecule has 0 aliphatic carbocycles. The van der Waals surface area contributed by atoms with E-state index in [0.29, 0.717) is 29.9 Å². The lowest BCUT2D eigenvalue weighted by Gasteiger charge is -2.33. The molecular formula is C18H24N2O4S. The number of piperidine rings is 1. The molecular weight excluding hydrogens is 340 g/mol. The van der Waals surface area contributed by atoms with E-state index in [4.69, 9.17) is 9.15 Å². The number of oxazole rings is 1. The summed E-state index contributed by atoms with van der Waals surface area (Å²) >= 11 is 0. The van der Waals surface area contributed by atoms with E-state index >= 15 is 0 Å². The van der Waals surface area contributed by atoms with Crippen LogP contribution in [-0.4, -0.2) is 44.6 Å². The normalized spacial score (nSPS) is 19.8. The number of rotatable bonds is 3. The Labute approximate surface area is 150 Å². The van der Waals surface area contributed by atoms with Crippen molar-refractivity contribution in [1.29, 1.82) is 0 Å². The van der Waals surface area contributed by atoms with Crippen LogP contribution in [0.15, 0.2) is 33.9 Å². The molecule has 1 aliphatic heterocycles. The molecule has 2 atom stereocenters. The van der Waals surface area contributed by atoms with Gasteiger partial charge in [0.05, 0.1) is 0 Å². The molecule has 0 spiro atoms. The topological polar surface area (TPSA) is 72.6 Å². The van der Waals surface area contributed by atoms with E-state index in [0.717, 1.165) is 12.8 Å². The molecule has 1 aromatic heterocycles. The van der Waals surface area contributed by atoms with Crippen LogP contribution in [0.2, 0.25) is 0 Å². The molecule has 3 rings (SSSR count). The first-order valence-electron chi connectivity index (χ1n) is 8.54. The van der Waals surface area contributed by atoms with Crippen molar-refractivity contribution >= 4 is 28.0 Å². The van der Waals surface area contributed by atoms with Crippen LogP contribution in [0.5, 0.6) is 0 Å². The van der Waals surface area contributed by atoms with Gasteiger partial charge in [-0.2, -0.15) is 0 Å². The highest BCUT2D eigenvalue weighted by molar-refractivity contribution is 7.84. The zero-order chi connectivity index (χ0) is 18.0. The van der Waals surface area contributed by atoms with Gasteiger partial charge in [-0.15, -0.1) is 0 Å². The van der Waals surface area contributed by atoms with E-state index in [1.165, 1.54) is 0 Å². The number of nitrogens with zero attached hydrogens (tertiary/aromatic N) is 2. The average Bonchev–Trinajstić information content (AvgIpc) is 2.98. The molecule has 7 heteroatoms. The van der Waals surface area contributed by atoms with Crippen LogP contribution < -0.4 is 0 Å². The number of fused-ring (bicyclic) bond motifs is 1. The third-order valence-corrected chi connectivity index (χ3v) is 5.37. The maximum atomic E-state index is 12.6. The second kappa shape index (κ2) is 7.15. The van der Waals surface area contributed by atoms with Gasteiger partial charge in [0.25, 0.3) is 5.22 Å². The van der Waals surface area contributed by atoms with Crippen molar-refractivity contribution in [1.82, 2.24) is 9.88 Å². The fraction of sp³-hybridized carbons (Fsp3) is 0.556. The van der Waals surface area contributed by atoms with E-state index in [9.17, 15) is 9.00 Å². The molecule has 136 valence electrons. The van der Waals surface area contributed by atoms with Crippen LogP contribution in [0, 0.1) is 5.92 Å². The third-order valence-electron chi connectivity index (χ3n) is 4.03. The zero-order valence-electron chi connectivity index (χ0n) is 14.9. The van der Waals surface area contributed by atoms with Crippen LogP contribution in [0.1, 0.15) is 33.6 Å². The Morgan fingerprint density at radius 3 is 2.88 bits per heavy atom. The number of likely N-dealkylation sites (tertiary alicyclic amines) is 1. The van der Waals surface area contributed by atoms with Crippen LogP contribution in [0.25, 0.3) is 11.1 Å². The number of aromatic nitrogens is 1. The van der Waals surface area contributed by atoms with Crippen molar-refractivity contribution in [3.63, 3.8) is 0 Å². The molecule has 25 heavy (non-hydrogen) atoms. The summed E-state index contributed by atoms with van der Waals surface area (Å²) in [6.45, 7) is 6.81. The summed E-state index contributed by atoms with van der Waals surface area (Å²) in [5, 5.41) is 0.260. The highest BCUT2D eigenvalue weighted by Crippen LogP contribution is 2.23. The van der Waals surface area contributed by atoms with E-state index in [2.05, 4.69) is 4.98 Å². The zero-order valence-corrected chi connectivity index (χ0v) is 15.7. The van der Waals surface area contributed by atoms with Crippen LogP contribution >= 0.6 is 0 Å². The Morgan fingerprint density at radius 1 is 1.40 bits per heavy atom. The fourth-order valence-electron chi connectivity index (χ4n) is 2.93. The third kappa shape index (κ3) is 4.60. The molecule has 6 nitrogen and oxygen atoms in total. The molecule has 0 radical (unpaired) electrons. The smallest absolute Gasteiger partial charge is 0.410 e. The van der Waals surface area contributed by atoms with Gasteiger partial charge in [-0.3, -0.25) is 0 Å². The van der Waals surface area contributed by atoms with Gasteiger partial charge in [0.1, 0.15) is 21.9 Å². The summed E-state index contributed by atoms with van der Waals surface area (Å²) in [4.78, 5) is 18.2. The van der Waals surface area contributed by atoms with Gasteiger partial charge in [0.2, 0.25) is 0 Å². The van der Waals surface area contributed by atoms with E-state index in [-0.39, 0.29) is 17.2 Å². The minimum absolute atomic E-state index is 0.150. The van der Waals surface area contributed by atoms with Gasteiger partial charge in [0, 0.05) is 18.8 Å². The average molecular weight is 364 g/mol. The minimum atomic E-state index is -1.32. The van der Waals surface area contributed by atoms with Crippen molar-refractivity contribution in [2.45, 2.75) is 44.4 Å². The predicted molar refractivity (Wildman–Crippen MR) is 95.8 cm³/mol. The summed E-state index contributed by atoms with van der Waals surface area (Å²) < 4.78 is 23.6. The number of carbonyl (C=O) groups excluding carboxylic acids is 1. The SMILES string of the molecule is CC(C)(C)OC(=O)N1CCC[C@@H](C[S@](=O)c2nc3ccccc3o2)C1. The monoisotopic (exact) mass is 364 g/mol. The minimum Gasteiger partial charge on any atom is -0.444 e. The Balaban J connectivity index is 1.62. The van der Waals surface area contributed by atoms with Crippen molar-refractivity contribution in [3.8, 4) is 0 Å². The summed E-state index contributed by atoms with van der Waals surface area (Å²) in [7, 11) is -1.32. The van der Waals surface area contributed by atoms with Crippen LogP contribution in [0.3, 0.4) is 0 Å². The number of ether oxygens (including phenoxy) is 1. The molecule has 0 unspecified atom stereocenters. The Hall–Kier alpha value is -1.89. The van der Waals surface area contributed by atoms with Gasteiger partial charge >= 0.3 is 6.09 Å². The maximum absolute atomic E-state index is 12.6. The maximum Gasteiger partial charge on any atom is 0.410 e. The molecule has 1 aromatic carbocycles. The van der Waals surface area contributed by atoms with Crippen LogP contribution in [-0.2, 0) is 15.5 Å². The van der Waals surface area contributed by atoms with E-state index in [1.807, 2.05) is 45.0 Å². The van der Waals surface area contributed by atoms with Crippen molar-refractivity contribution in [3.05, 3.63) is 24.3 Å². The molecule has 0 N–H and O–H groups in total. The molecule has 2 heterocycles. The Kier molecular flexibility index (Phi) is 5.13. The summed E-state index contributed by atoms with van der Waals surface area (Å²) in [6.07, 6.45) is 1.52. The number of para-hydroxylation sites is 2. The molecule has 0 saturated carbocycles. The lowest BCUT2D eigenvalue weighted by molar-refractivity contribution is 0.0176. The summed E-state index contributed by atoms with van der Waals surface area (Å²) in [5.74, 6) is 0.587. The first-order valence-corrected chi connectivity index (χ1v) is 9.85. The Bertz CT molecular complexity index is 748. The van der Waals surface area contributed by atoms with Crippen LogP contribution in [0.4, 0.5) is 4.79 Å². The number of hydrogen-bond acceptors (Lipinski definition) is 5. The molecule has 0 bridgehead atoms. The molecule has 1 saturated heterocycles. The van der Waals surface area contributed by atoms with E-state index < -0.39 is 16.4 Å². The molecule has 1 fully saturated rings. The van der Waals surface area contributed by atoms with Gasteiger partial charge in [-0.1, -0.05) is 12.1 Å². The van der Waals surface area contributed by atoms with Gasteiger partial charge in [-0.25, -0.2) is 14.0 Å². The largest absolute Gasteiger partial charge is 0.444 e. The second-order valence-electron chi connectivity index (χ2n) is 7.39. The Morgan fingerprint density at radius 2 is 2.16 bits per heavy atom. The standard InChI is InChI=1S/C18H24N2O4S/c1-18(2,3)24-17(21)20-10-6-7-13(11-20)12-25(22)16-19-14-8-4-5-9-15(14)23-16/h4-5,8-9,13H,6-7,10-12H2,1-3H3/t13-,25+/m1/s1. The van der Waals surface area contributed by atoms with Gasteiger partial charge in [-0.05, 0) is 51.7 Å². The van der Waals surface area contributed by atoms with Gasteiger partial charge < -0.3 is 14.1 Å². The highest BCUT2D eigenvalue weighted by Gasteiger charge is 2.29. The second-order valence-corrected chi connectivity index (χ2v) is 8.77.